The molecule has 1 aliphatic heterocycles. The summed E-state index contributed by atoms with van der Waals surface area (Å²) in [5.41, 5.74) is 1.75. The van der Waals surface area contributed by atoms with E-state index < -0.39 is 24.1 Å². The molecule has 12 heteroatoms. The molecule has 4 heterocycles. The number of nitrogens with zero attached hydrogens (tertiary/aromatic N) is 5. The van der Waals surface area contributed by atoms with Crippen molar-refractivity contribution in [2.24, 2.45) is 5.92 Å². The Labute approximate surface area is 232 Å². The van der Waals surface area contributed by atoms with E-state index in [-0.39, 0.29) is 23.1 Å². The fourth-order valence-electron chi connectivity index (χ4n) is 4.93. The van der Waals surface area contributed by atoms with Gasteiger partial charge in [-0.25, -0.2) is 9.67 Å². The van der Waals surface area contributed by atoms with E-state index in [9.17, 15) is 23.2 Å². The number of nitrogens with one attached hydrogen (secondary N) is 1. The smallest absolute Gasteiger partial charge is 0.323 e. The maximum atomic E-state index is 13.8. The number of Topliss-reactive ketones (excluding diaryl/α,β-unsaturated/α-hetero) is 1. The molecule has 0 radical (unpaired) electrons. The quantitative estimate of drug-likeness (QED) is 0.314. The summed E-state index contributed by atoms with van der Waals surface area (Å²) in [4.78, 5) is 47.4. The third-order valence-electron chi connectivity index (χ3n) is 7.00. The Balaban J connectivity index is 1.62. The summed E-state index contributed by atoms with van der Waals surface area (Å²) in [7, 11) is 0. The number of anilines is 1. The van der Waals surface area contributed by atoms with Crippen LogP contribution >= 0.6 is 11.6 Å². The van der Waals surface area contributed by atoms with Crippen molar-refractivity contribution < 1.29 is 18.4 Å². The van der Waals surface area contributed by atoms with E-state index in [1.807, 2.05) is 0 Å². The number of carbonyl (C=O) groups excluding carboxylic acids is 2. The second-order valence-corrected chi connectivity index (χ2v) is 10.1. The molecule has 0 unspecified atom stereocenters. The molecule has 40 heavy (non-hydrogen) atoms. The number of benzene rings is 1. The number of alkyl halides is 2. The van der Waals surface area contributed by atoms with Gasteiger partial charge >= 0.3 is 6.55 Å². The van der Waals surface area contributed by atoms with Gasteiger partial charge in [0.15, 0.2) is 5.78 Å². The summed E-state index contributed by atoms with van der Waals surface area (Å²) in [5.74, 6) is -0.926. The van der Waals surface area contributed by atoms with E-state index in [2.05, 4.69) is 20.4 Å². The first-order chi connectivity index (χ1) is 19.1. The average molecular weight is 567 g/mol. The van der Waals surface area contributed by atoms with Crippen LogP contribution in [0.4, 0.5) is 14.5 Å². The van der Waals surface area contributed by atoms with Gasteiger partial charge in [0.25, 0.3) is 5.56 Å². The maximum absolute atomic E-state index is 13.8. The molecule has 206 valence electrons. The zero-order valence-corrected chi connectivity index (χ0v) is 22.4. The van der Waals surface area contributed by atoms with Crippen LogP contribution in [-0.4, -0.2) is 36.0 Å². The Morgan fingerprint density at radius 2 is 1.93 bits per heavy atom. The number of pyridine rings is 1. The van der Waals surface area contributed by atoms with Gasteiger partial charge in [-0.05, 0) is 50.1 Å². The molecular weight excluding hydrogens is 542 g/mol. The lowest BCUT2D eigenvalue weighted by molar-refractivity contribution is -0.119. The molecule has 0 aliphatic carbocycles. The van der Waals surface area contributed by atoms with Crippen LogP contribution in [-0.2, 0) is 4.79 Å². The minimum Gasteiger partial charge on any atom is -0.323 e. The Hall–Kier alpha value is -4.25. The van der Waals surface area contributed by atoms with Gasteiger partial charge in [0.1, 0.15) is 0 Å². The zero-order valence-electron chi connectivity index (χ0n) is 21.6. The van der Waals surface area contributed by atoms with Crippen molar-refractivity contribution >= 4 is 29.0 Å². The van der Waals surface area contributed by atoms with Crippen molar-refractivity contribution in [1.82, 2.24) is 24.3 Å². The summed E-state index contributed by atoms with van der Waals surface area (Å²) < 4.78 is 29.7. The summed E-state index contributed by atoms with van der Waals surface area (Å²) in [6.45, 7) is 0.235. The molecule has 0 fully saturated rings. The topological polar surface area (TPSA) is 112 Å². The summed E-state index contributed by atoms with van der Waals surface area (Å²) in [5, 5.41) is 6.91. The highest BCUT2D eigenvalue weighted by molar-refractivity contribution is 6.31. The van der Waals surface area contributed by atoms with Gasteiger partial charge in [0, 0.05) is 39.9 Å². The lowest BCUT2D eigenvalue weighted by Crippen LogP contribution is -2.27. The van der Waals surface area contributed by atoms with E-state index in [0.717, 1.165) is 0 Å². The van der Waals surface area contributed by atoms with Gasteiger partial charge < -0.3 is 5.32 Å². The molecule has 1 aromatic carbocycles. The molecule has 2 bridgehead atoms. The molecule has 5 rings (SSSR count). The minimum absolute atomic E-state index is 0.0389. The number of rotatable bonds is 4. The maximum Gasteiger partial charge on any atom is 0.333 e. The molecule has 2 atom stereocenters. The van der Waals surface area contributed by atoms with Gasteiger partial charge in [-0.1, -0.05) is 24.9 Å². The molecule has 0 saturated heterocycles. The first-order valence-electron chi connectivity index (χ1n) is 12.7. The van der Waals surface area contributed by atoms with Crippen molar-refractivity contribution in [1.29, 1.82) is 0 Å². The lowest BCUT2D eigenvalue weighted by Gasteiger charge is -2.22. The molecule has 4 aromatic rings. The number of hydrogen-bond donors (Lipinski definition) is 1. The third kappa shape index (κ3) is 5.29. The van der Waals surface area contributed by atoms with Gasteiger partial charge in [-0.2, -0.15) is 13.9 Å². The number of ketones is 1. The fraction of sp³-hybridized carbons (Fsp3) is 0.286. The number of halogens is 3. The van der Waals surface area contributed by atoms with Crippen LogP contribution in [0.5, 0.6) is 0 Å². The van der Waals surface area contributed by atoms with E-state index in [1.54, 1.807) is 37.3 Å². The molecule has 0 saturated carbocycles. The van der Waals surface area contributed by atoms with Crippen molar-refractivity contribution in [2.75, 3.05) is 5.32 Å². The number of aromatic nitrogens is 5. The first-order valence-corrected chi connectivity index (χ1v) is 13.0. The Morgan fingerprint density at radius 1 is 1.12 bits per heavy atom. The Kier molecular flexibility index (Phi) is 7.57. The van der Waals surface area contributed by atoms with Crippen LogP contribution in [0.1, 0.15) is 61.8 Å². The monoisotopic (exact) mass is 566 g/mol. The highest BCUT2D eigenvalue weighted by Gasteiger charge is 2.26. The van der Waals surface area contributed by atoms with Crippen LogP contribution < -0.4 is 10.9 Å². The Morgan fingerprint density at radius 3 is 2.65 bits per heavy atom. The van der Waals surface area contributed by atoms with Crippen molar-refractivity contribution in [3.8, 4) is 22.5 Å². The fourth-order valence-corrected chi connectivity index (χ4v) is 5.10. The predicted molar refractivity (Wildman–Crippen MR) is 145 cm³/mol. The summed E-state index contributed by atoms with van der Waals surface area (Å²) >= 11 is 6.16. The van der Waals surface area contributed by atoms with E-state index in [4.69, 9.17) is 11.6 Å². The van der Waals surface area contributed by atoms with Gasteiger partial charge in [0.05, 0.1) is 41.3 Å². The molecule has 9 nitrogen and oxygen atoms in total. The highest BCUT2D eigenvalue weighted by Crippen LogP contribution is 2.35. The van der Waals surface area contributed by atoms with E-state index in [1.165, 1.54) is 36.3 Å². The number of amides is 1. The van der Waals surface area contributed by atoms with Crippen molar-refractivity contribution in [3.05, 3.63) is 81.8 Å². The minimum atomic E-state index is -2.94. The molecule has 1 aliphatic rings. The Bertz CT molecular complexity index is 1670. The van der Waals surface area contributed by atoms with Crippen LogP contribution in [0.2, 0.25) is 5.02 Å². The zero-order chi connectivity index (χ0) is 28.6. The number of carbonyl (C=O) groups is 2. The van der Waals surface area contributed by atoms with Gasteiger partial charge in [-0.15, -0.1) is 0 Å². The van der Waals surface area contributed by atoms with Crippen LogP contribution in [0.3, 0.4) is 0 Å². The number of hydrogen-bond acceptors (Lipinski definition) is 6. The molecule has 3 aromatic heterocycles. The largest absolute Gasteiger partial charge is 0.333 e. The molecule has 0 spiro atoms. The molecule has 1 N–H and O–H groups in total. The van der Waals surface area contributed by atoms with Gasteiger partial charge in [0.2, 0.25) is 5.91 Å². The number of fused-ring (bicyclic) bond motifs is 4. The average Bonchev–Trinajstić information content (AvgIpc) is 3.34. The van der Waals surface area contributed by atoms with Gasteiger partial charge in [-0.3, -0.25) is 23.9 Å². The standard InChI is InChI=1S/C28H25ClF2N6O3/c1-15-4-3-5-24(36-14-33-21(12-25(36)39)20-11-18(29)6-7-19(20)16(2)38)22-10-17(8-9-32-22)26-23(35-27(15)40)13-34-37(26)28(30)31/h6-15,24,28H,3-5H2,1-2H3,(H,35,40)/t15-,24+/m1/s1. The van der Waals surface area contributed by atoms with Crippen molar-refractivity contribution in [2.45, 2.75) is 45.7 Å². The highest BCUT2D eigenvalue weighted by atomic mass is 35.5. The molecular formula is C28H25ClF2N6O3. The van der Waals surface area contributed by atoms with Crippen LogP contribution in [0, 0.1) is 5.92 Å². The normalized spacial score (nSPS) is 17.5. The SMILES string of the molecule is CC(=O)c1ccc(Cl)cc1-c1cc(=O)n([C@H]2CCC[C@@H](C)C(=O)Nc3cnn(C(F)F)c3-c3ccnc2c3)cn1. The summed E-state index contributed by atoms with van der Waals surface area (Å²) in [6, 6.07) is 8.67. The third-order valence-corrected chi connectivity index (χ3v) is 7.24. The van der Waals surface area contributed by atoms with E-state index in [0.29, 0.717) is 57.0 Å². The van der Waals surface area contributed by atoms with Crippen LogP contribution in [0.15, 0.2) is 59.9 Å². The van der Waals surface area contributed by atoms with Crippen LogP contribution in [0.25, 0.3) is 22.5 Å². The predicted octanol–water partition coefficient (Wildman–Crippen LogP) is 5.77. The second kappa shape index (κ2) is 11.1. The molecule has 1 amide bonds. The lowest BCUT2D eigenvalue weighted by atomic mass is 9.97. The second-order valence-electron chi connectivity index (χ2n) is 9.70. The van der Waals surface area contributed by atoms with E-state index >= 15 is 0 Å². The summed E-state index contributed by atoms with van der Waals surface area (Å²) in [6.07, 6.45) is 5.56. The first kappa shape index (κ1) is 27.3. The van der Waals surface area contributed by atoms with Crippen molar-refractivity contribution in [3.63, 3.8) is 0 Å².